The average Bonchev–Trinajstić information content (AvgIpc) is 2.56. The van der Waals surface area contributed by atoms with Crippen molar-refractivity contribution in [3.8, 4) is 0 Å². The molecule has 2 rings (SSSR count). The first kappa shape index (κ1) is 13.8. The third kappa shape index (κ3) is 3.24. The predicted octanol–water partition coefficient (Wildman–Crippen LogP) is 2.49. The van der Waals surface area contributed by atoms with Gasteiger partial charge in [0.2, 0.25) is 0 Å². The van der Waals surface area contributed by atoms with Crippen molar-refractivity contribution in [3.63, 3.8) is 0 Å². The zero-order chi connectivity index (χ0) is 14.0. The van der Waals surface area contributed by atoms with E-state index in [4.69, 9.17) is 0 Å². The fraction of sp³-hybridized carbons (Fsp3) is 0.438. The highest BCUT2D eigenvalue weighted by Gasteiger charge is 2.14. The van der Waals surface area contributed by atoms with Gasteiger partial charge in [-0.05, 0) is 38.3 Å². The van der Waals surface area contributed by atoms with Crippen LogP contribution in [0.15, 0.2) is 24.3 Å². The number of aliphatic hydroxyl groups excluding tert-OH is 1. The van der Waals surface area contributed by atoms with E-state index in [1.165, 1.54) is 16.7 Å². The summed E-state index contributed by atoms with van der Waals surface area (Å²) in [6.45, 7) is 6.13. The van der Waals surface area contributed by atoms with Gasteiger partial charge in [0.1, 0.15) is 0 Å². The largest absolute Gasteiger partial charge is 0.392 e. The van der Waals surface area contributed by atoms with E-state index in [9.17, 15) is 5.11 Å². The maximum absolute atomic E-state index is 10.3. The first-order chi connectivity index (χ1) is 8.97. The molecule has 0 amide bonds. The van der Waals surface area contributed by atoms with E-state index in [0.29, 0.717) is 12.8 Å². The number of aryl methyl sites for hydroxylation is 3. The van der Waals surface area contributed by atoms with E-state index in [0.717, 1.165) is 11.4 Å². The third-order valence-corrected chi connectivity index (χ3v) is 3.65. The van der Waals surface area contributed by atoms with Crippen molar-refractivity contribution < 1.29 is 5.11 Å². The minimum atomic E-state index is -0.358. The molecule has 1 aromatic heterocycles. The SMILES string of the molecule is Cc1cccc(CC(O)Cc2c(C)nn(C)c2C)c1. The molecule has 1 aromatic carbocycles. The number of nitrogens with zero attached hydrogens (tertiary/aromatic N) is 2. The van der Waals surface area contributed by atoms with Gasteiger partial charge in [-0.1, -0.05) is 29.8 Å². The van der Waals surface area contributed by atoms with Crippen LogP contribution in [0.2, 0.25) is 0 Å². The van der Waals surface area contributed by atoms with Gasteiger partial charge in [-0.15, -0.1) is 0 Å². The molecular formula is C16H22N2O. The molecule has 19 heavy (non-hydrogen) atoms. The molecule has 0 fully saturated rings. The van der Waals surface area contributed by atoms with E-state index in [2.05, 4.69) is 37.1 Å². The van der Waals surface area contributed by atoms with Gasteiger partial charge in [0.25, 0.3) is 0 Å². The lowest BCUT2D eigenvalue weighted by atomic mass is 9.99. The summed E-state index contributed by atoms with van der Waals surface area (Å²) in [7, 11) is 1.94. The standard InChI is InChI=1S/C16H22N2O/c1-11-6-5-7-14(8-11)9-15(19)10-16-12(2)17-18(4)13(16)3/h5-8,15,19H,9-10H2,1-4H3. The summed E-state index contributed by atoms with van der Waals surface area (Å²) in [4.78, 5) is 0. The molecule has 3 nitrogen and oxygen atoms in total. The van der Waals surface area contributed by atoms with Gasteiger partial charge in [0, 0.05) is 19.2 Å². The summed E-state index contributed by atoms with van der Waals surface area (Å²) in [6.07, 6.45) is 0.998. The summed E-state index contributed by atoms with van der Waals surface area (Å²) in [5.74, 6) is 0. The number of aliphatic hydroxyl groups is 1. The van der Waals surface area contributed by atoms with E-state index < -0.39 is 0 Å². The van der Waals surface area contributed by atoms with Crippen LogP contribution in [-0.2, 0) is 19.9 Å². The molecule has 0 aliphatic heterocycles. The minimum Gasteiger partial charge on any atom is -0.392 e. The van der Waals surface area contributed by atoms with Crippen LogP contribution in [0.3, 0.4) is 0 Å². The van der Waals surface area contributed by atoms with Gasteiger partial charge in [-0.25, -0.2) is 0 Å². The lowest BCUT2D eigenvalue weighted by Gasteiger charge is -2.11. The number of rotatable bonds is 4. The second kappa shape index (κ2) is 5.57. The minimum absolute atomic E-state index is 0.358. The molecule has 1 heterocycles. The normalized spacial score (nSPS) is 12.7. The fourth-order valence-corrected chi connectivity index (χ4v) is 2.53. The zero-order valence-corrected chi connectivity index (χ0v) is 12.1. The Morgan fingerprint density at radius 1 is 1.21 bits per heavy atom. The van der Waals surface area contributed by atoms with Crippen LogP contribution in [-0.4, -0.2) is 21.0 Å². The highest BCUT2D eigenvalue weighted by molar-refractivity contribution is 5.27. The molecular weight excluding hydrogens is 236 g/mol. The molecule has 1 N–H and O–H groups in total. The highest BCUT2D eigenvalue weighted by Crippen LogP contribution is 2.16. The number of hydrogen-bond acceptors (Lipinski definition) is 2. The van der Waals surface area contributed by atoms with Crippen molar-refractivity contribution in [2.45, 2.75) is 39.7 Å². The van der Waals surface area contributed by atoms with Gasteiger partial charge >= 0.3 is 0 Å². The van der Waals surface area contributed by atoms with Gasteiger partial charge in [-0.3, -0.25) is 4.68 Å². The maximum Gasteiger partial charge on any atom is 0.0629 e. The summed E-state index contributed by atoms with van der Waals surface area (Å²) in [5.41, 5.74) is 5.75. The smallest absolute Gasteiger partial charge is 0.0629 e. The number of benzene rings is 1. The van der Waals surface area contributed by atoms with Crippen LogP contribution in [0.5, 0.6) is 0 Å². The van der Waals surface area contributed by atoms with Crippen molar-refractivity contribution in [3.05, 3.63) is 52.3 Å². The van der Waals surface area contributed by atoms with Crippen LogP contribution in [0.25, 0.3) is 0 Å². The second-order valence-electron chi connectivity index (χ2n) is 5.32. The van der Waals surface area contributed by atoms with E-state index >= 15 is 0 Å². The molecule has 3 heteroatoms. The topological polar surface area (TPSA) is 38.1 Å². The Morgan fingerprint density at radius 2 is 1.95 bits per heavy atom. The predicted molar refractivity (Wildman–Crippen MR) is 77.3 cm³/mol. The molecule has 0 spiro atoms. The molecule has 0 bridgehead atoms. The molecule has 0 radical (unpaired) electrons. The van der Waals surface area contributed by atoms with Gasteiger partial charge < -0.3 is 5.11 Å². The van der Waals surface area contributed by atoms with Crippen molar-refractivity contribution in [1.29, 1.82) is 0 Å². The van der Waals surface area contributed by atoms with Crippen LogP contribution < -0.4 is 0 Å². The Morgan fingerprint density at radius 3 is 2.53 bits per heavy atom. The van der Waals surface area contributed by atoms with Crippen molar-refractivity contribution >= 4 is 0 Å². The summed E-state index contributed by atoms with van der Waals surface area (Å²) < 4.78 is 1.88. The van der Waals surface area contributed by atoms with E-state index in [1.54, 1.807) is 0 Å². The molecule has 102 valence electrons. The van der Waals surface area contributed by atoms with Crippen LogP contribution in [0, 0.1) is 20.8 Å². The molecule has 2 aromatic rings. The van der Waals surface area contributed by atoms with Crippen LogP contribution in [0.4, 0.5) is 0 Å². The van der Waals surface area contributed by atoms with Gasteiger partial charge in [0.05, 0.1) is 11.8 Å². The zero-order valence-electron chi connectivity index (χ0n) is 12.1. The molecule has 0 aliphatic carbocycles. The fourth-order valence-electron chi connectivity index (χ4n) is 2.53. The Bertz CT molecular complexity index is 572. The van der Waals surface area contributed by atoms with Crippen molar-refractivity contribution in [2.75, 3.05) is 0 Å². The molecule has 0 saturated heterocycles. The van der Waals surface area contributed by atoms with Crippen molar-refractivity contribution in [2.24, 2.45) is 7.05 Å². The molecule has 0 saturated carbocycles. The Hall–Kier alpha value is -1.61. The highest BCUT2D eigenvalue weighted by atomic mass is 16.3. The summed E-state index contributed by atoms with van der Waals surface area (Å²) in [5, 5.41) is 14.7. The molecule has 1 unspecified atom stereocenters. The van der Waals surface area contributed by atoms with Gasteiger partial charge in [0.15, 0.2) is 0 Å². The summed E-state index contributed by atoms with van der Waals surface area (Å²) in [6, 6.07) is 8.31. The van der Waals surface area contributed by atoms with Crippen LogP contribution in [0.1, 0.15) is 28.1 Å². The summed E-state index contributed by atoms with van der Waals surface area (Å²) >= 11 is 0. The van der Waals surface area contributed by atoms with Gasteiger partial charge in [-0.2, -0.15) is 5.10 Å². The lowest BCUT2D eigenvalue weighted by Crippen LogP contribution is -2.15. The average molecular weight is 258 g/mol. The number of aromatic nitrogens is 2. The van der Waals surface area contributed by atoms with Crippen molar-refractivity contribution in [1.82, 2.24) is 9.78 Å². The van der Waals surface area contributed by atoms with E-state index in [-0.39, 0.29) is 6.10 Å². The quantitative estimate of drug-likeness (QED) is 0.915. The second-order valence-corrected chi connectivity index (χ2v) is 5.32. The Labute approximate surface area is 114 Å². The maximum atomic E-state index is 10.3. The van der Waals surface area contributed by atoms with E-state index in [1.807, 2.05) is 24.7 Å². The monoisotopic (exact) mass is 258 g/mol. The lowest BCUT2D eigenvalue weighted by molar-refractivity contribution is 0.175. The Balaban J connectivity index is 2.07. The number of hydrogen-bond donors (Lipinski definition) is 1. The Kier molecular flexibility index (Phi) is 4.05. The van der Waals surface area contributed by atoms with Crippen LogP contribution >= 0.6 is 0 Å². The molecule has 1 atom stereocenters. The first-order valence-electron chi connectivity index (χ1n) is 6.70. The first-order valence-corrected chi connectivity index (χ1v) is 6.70. The third-order valence-electron chi connectivity index (χ3n) is 3.65. The molecule has 0 aliphatic rings.